The van der Waals surface area contributed by atoms with Crippen molar-refractivity contribution in [3.05, 3.63) is 58.9 Å². The molecule has 146 valence electrons. The van der Waals surface area contributed by atoms with Gasteiger partial charge in [0.25, 0.3) is 0 Å². The molecule has 0 spiro atoms. The molecule has 1 amide bonds. The SMILES string of the molecule is Cl.O=C(Cc1ccc(OC(F)(F)F)cc1)Nc1ccc2c(c1F)CCNC2. The number of nitrogens with one attached hydrogen (secondary N) is 2. The maximum atomic E-state index is 14.5. The third kappa shape index (κ3) is 5.58. The van der Waals surface area contributed by atoms with Crippen LogP contribution in [0.5, 0.6) is 5.75 Å². The summed E-state index contributed by atoms with van der Waals surface area (Å²) >= 11 is 0. The Morgan fingerprint density at radius 1 is 1.15 bits per heavy atom. The first kappa shape index (κ1) is 21.0. The first-order valence-electron chi connectivity index (χ1n) is 7.97. The first-order chi connectivity index (χ1) is 12.3. The molecule has 0 aromatic heterocycles. The van der Waals surface area contributed by atoms with Crippen LogP contribution in [0.3, 0.4) is 0 Å². The number of hydrogen-bond acceptors (Lipinski definition) is 3. The predicted molar refractivity (Wildman–Crippen MR) is 94.5 cm³/mol. The number of carbonyl (C=O) groups is 1. The molecule has 1 heterocycles. The van der Waals surface area contributed by atoms with Crippen LogP contribution in [0.2, 0.25) is 0 Å². The van der Waals surface area contributed by atoms with Crippen LogP contribution < -0.4 is 15.4 Å². The number of fused-ring (bicyclic) bond motifs is 1. The zero-order valence-corrected chi connectivity index (χ0v) is 14.8. The monoisotopic (exact) mass is 404 g/mol. The summed E-state index contributed by atoms with van der Waals surface area (Å²) in [4.78, 5) is 12.1. The van der Waals surface area contributed by atoms with Gasteiger partial charge in [0.2, 0.25) is 5.91 Å². The van der Waals surface area contributed by atoms with E-state index in [9.17, 15) is 22.4 Å². The van der Waals surface area contributed by atoms with Gasteiger partial charge in [-0.15, -0.1) is 25.6 Å². The van der Waals surface area contributed by atoms with Crippen molar-refractivity contribution in [1.29, 1.82) is 0 Å². The molecule has 0 radical (unpaired) electrons. The zero-order chi connectivity index (χ0) is 18.7. The molecule has 2 N–H and O–H groups in total. The Morgan fingerprint density at radius 2 is 1.85 bits per heavy atom. The van der Waals surface area contributed by atoms with E-state index in [1.807, 2.05) is 0 Å². The average molecular weight is 405 g/mol. The highest BCUT2D eigenvalue weighted by Crippen LogP contribution is 2.25. The van der Waals surface area contributed by atoms with Gasteiger partial charge in [-0.25, -0.2) is 4.39 Å². The number of alkyl halides is 3. The normalized spacial score (nSPS) is 13.3. The molecule has 1 aliphatic rings. The van der Waals surface area contributed by atoms with E-state index < -0.39 is 18.1 Å². The largest absolute Gasteiger partial charge is 0.573 e. The Bertz CT molecular complexity index is 810. The molecule has 0 saturated carbocycles. The van der Waals surface area contributed by atoms with Crippen LogP contribution in [0.1, 0.15) is 16.7 Å². The van der Waals surface area contributed by atoms with Gasteiger partial charge >= 0.3 is 6.36 Å². The first-order valence-corrected chi connectivity index (χ1v) is 7.97. The minimum atomic E-state index is -4.77. The van der Waals surface area contributed by atoms with Gasteiger partial charge in [0.05, 0.1) is 12.1 Å². The quantitative estimate of drug-likeness (QED) is 0.758. The second kappa shape index (κ2) is 8.58. The fraction of sp³-hybridized carbons (Fsp3) is 0.278. The van der Waals surface area contributed by atoms with E-state index in [-0.39, 0.29) is 30.3 Å². The highest BCUT2D eigenvalue weighted by atomic mass is 35.5. The van der Waals surface area contributed by atoms with Gasteiger partial charge < -0.3 is 15.4 Å². The van der Waals surface area contributed by atoms with Crippen molar-refractivity contribution in [3.63, 3.8) is 0 Å². The Balaban J connectivity index is 0.00000261. The molecule has 0 bridgehead atoms. The topological polar surface area (TPSA) is 50.4 Å². The summed E-state index contributed by atoms with van der Waals surface area (Å²) in [6.07, 6.45) is -4.31. The standard InChI is InChI=1S/C18H16F4N2O2.ClH/c19-17-14-7-8-23-10-12(14)3-6-15(17)24-16(25)9-11-1-4-13(5-2-11)26-18(20,21)22;/h1-6,23H,7-10H2,(H,24,25);1H. The molecule has 0 saturated heterocycles. The minimum absolute atomic E-state index is 0. The van der Waals surface area contributed by atoms with Crippen molar-refractivity contribution >= 4 is 24.0 Å². The van der Waals surface area contributed by atoms with E-state index >= 15 is 0 Å². The van der Waals surface area contributed by atoms with Crippen molar-refractivity contribution in [1.82, 2.24) is 5.32 Å². The molecule has 0 unspecified atom stereocenters. The molecule has 9 heteroatoms. The van der Waals surface area contributed by atoms with Crippen molar-refractivity contribution in [2.24, 2.45) is 0 Å². The highest BCUT2D eigenvalue weighted by Gasteiger charge is 2.31. The zero-order valence-electron chi connectivity index (χ0n) is 14.0. The molecule has 4 nitrogen and oxygen atoms in total. The Kier molecular flexibility index (Phi) is 6.67. The van der Waals surface area contributed by atoms with Crippen molar-refractivity contribution in [3.8, 4) is 5.75 Å². The molecule has 1 aliphatic heterocycles. The lowest BCUT2D eigenvalue weighted by Crippen LogP contribution is -2.25. The van der Waals surface area contributed by atoms with Gasteiger partial charge in [-0.05, 0) is 47.9 Å². The maximum Gasteiger partial charge on any atom is 0.573 e. The number of amides is 1. The molecule has 27 heavy (non-hydrogen) atoms. The molecule has 0 atom stereocenters. The van der Waals surface area contributed by atoms with E-state index in [1.165, 1.54) is 18.2 Å². The Hall–Kier alpha value is -2.32. The number of carbonyl (C=O) groups excluding carboxylic acids is 1. The van der Waals surface area contributed by atoms with E-state index in [2.05, 4.69) is 15.4 Å². The van der Waals surface area contributed by atoms with Crippen LogP contribution >= 0.6 is 12.4 Å². The molecular formula is C18H17ClF4N2O2. The Morgan fingerprint density at radius 3 is 2.52 bits per heavy atom. The van der Waals surface area contributed by atoms with E-state index in [0.717, 1.165) is 17.7 Å². The third-order valence-electron chi connectivity index (χ3n) is 4.00. The van der Waals surface area contributed by atoms with Crippen molar-refractivity contribution < 1.29 is 27.1 Å². The molecule has 2 aromatic rings. The van der Waals surface area contributed by atoms with E-state index in [0.29, 0.717) is 30.6 Å². The smallest absolute Gasteiger partial charge is 0.406 e. The minimum Gasteiger partial charge on any atom is -0.406 e. The lowest BCUT2D eigenvalue weighted by molar-refractivity contribution is -0.274. The summed E-state index contributed by atoms with van der Waals surface area (Å²) in [6, 6.07) is 8.25. The van der Waals surface area contributed by atoms with Crippen LogP contribution in [-0.2, 0) is 24.2 Å². The van der Waals surface area contributed by atoms with E-state index in [1.54, 1.807) is 6.07 Å². The van der Waals surface area contributed by atoms with Crippen LogP contribution in [-0.4, -0.2) is 18.8 Å². The van der Waals surface area contributed by atoms with Gasteiger partial charge in [0.15, 0.2) is 0 Å². The van der Waals surface area contributed by atoms with Gasteiger partial charge in [-0.2, -0.15) is 0 Å². The number of hydrogen-bond donors (Lipinski definition) is 2. The van der Waals surface area contributed by atoms with Gasteiger partial charge in [-0.1, -0.05) is 18.2 Å². The van der Waals surface area contributed by atoms with Crippen molar-refractivity contribution in [2.75, 3.05) is 11.9 Å². The van der Waals surface area contributed by atoms with Crippen LogP contribution in [0.4, 0.5) is 23.2 Å². The molecule has 0 fully saturated rings. The lowest BCUT2D eigenvalue weighted by atomic mass is 9.99. The van der Waals surface area contributed by atoms with Gasteiger partial charge in [0.1, 0.15) is 11.6 Å². The highest BCUT2D eigenvalue weighted by molar-refractivity contribution is 5.92. The number of rotatable bonds is 4. The molecular weight excluding hydrogens is 388 g/mol. The summed E-state index contributed by atoms with van der Waals surface area (Å²) < 4.78 is 54.6. The van der Waals surface area contributed by atoms with Crippen LogP contribution in [0.25, 0.3) is 0 Å². The number of anilines is 1. The lowest BCUT2D eigenvalue weighted by Gasteiger charge is -2.19. The third-order valence-corrected chi connectivity index (χ3v) is 4.00. The molecule has 2 aromatic carbocycles. The fourth-order valence-corrected chi connectivity index (χ4v) is 2.82. The summed E-state index contributed by atoms with van der Waals surface area (Å²) in [5.41, 5.74) is 2.05. The van der Waals surface area contributed by atoms with Crippen LogP contribution in [0.15, 0.2) is 36.4 Å². The number of benzene rings is 2. The fourth-order valence-electron chi connectivity index (χ4n) is 2.82. The predicted octanol–water partition coefficient (Wildman–Crippen LogP) is 3.97. The average Bonchev–Trinajstić information content (AvgIpc) is 2.58. The number of ether oxygens (including phenoxy) is 1. The summed E-state index contributed by atoms with van der Waals surface area (Å²) in [7, 11) is 0. The maximum absolute atomic E-state index is 14.5. The summed E-state index contributed by atoms with van der Waals surface area (Å²) in [6.45, 7) is 1.26. The van der Waals surface area contributed by atoms with Gasteiger partial charge in [0, 0.05) is 6.54 Å². The molecule has 3 rings (SSSR count). The Labute approximate surface area is 159 Å². The van der Waals surface area contributed by atoms with Gasteiger partial charge in [-0.3, -0.25) is 4.79 Å². The van der Waals surface area contributed by atoms with Crippen molar-refractivity contribution in [2.45, 2.75) is 25.7 Å². The van der Waals surface area contributed by atoms with E-state index in [4.69, 9.17) is 0 Å². The van der Waals surface area contributed by atoms with Crippen LogP contribution in [0, 0.1) is 5.82 Å². The second-order valence-electron chi connectivity index (χ2n) is 5.91. The number of halogens is 5. The second-order valence-corrected chi connectivity index (χ2v) is 5.91. The summed E-state index contributed by atoms with van der Waals surface area (Å²) in [5, 5.41) is 5.66. The summed E-state index contributed by atoms with van der Waals surface area (Å²) in [5.74, 6) is -1.26. The molecule has 0 aliphatic carbocycles.